The van der Waals surface area contributed by atoms with Gasteiger partial charge in [-0.25, -0.2) is 0 Å². The van der Waals surface area contributed by atoms with Crippen LogP contribution in [-0.4, -0.2) is 25.2 Å². The Kier molecular flexibility index (Phi) is 5.76. The maximum atomic E-state index is 5.18. The van der Waals surface area contributed by atoms with Gasteiger partial charge in [0.15, 0.2) is 0 Å². The summed E-state index contributed by atoms with van der Waals surface area (Å²) in [4.78, 5) is 4.49. The molecule has 0 aliphatic rings. The topological polar surface area (TPSA) is 34.1 Å². The Morgan fingerprint density at radius 3 is 2.48 bits per heavy atom. The highest BCUT2D eigenvalue weighted by Crippen LogP contribution is 2.14. The lowest BCUT2D eigenvalue weighted by Crippen LogP contribution is -2.28. The number of pyridine rings is 1. The van der Waals surface area contributed by atoms with Gasteiger partial charge in [0, 0.05) is 24.4 Å². The van der Waals surface area contributed by atoms with Crippen LogP contribution in [0.5, 0.6) is 5.75 Å². The van der Waals surface area contributed by atoms with Gasteiger partial charge in [0.1, 0.15) is 5.75 Å². The van der Waals surface area contributed by atoms with Crippen molar-refractivity contribution < 1.29 is 4.74 Å². The summed E-state index contributed by atoms with van der Waals surface area (Å²) in [6, 6.07) is 13.0. The average molecular weight is 284 g/mol. The molecule has 1 unspecified atom stereocenters. The van der Waals surface area contributed by atoms with E-state index in [0.29, 0.717) is 6.04 Å². The van der Waals surface area contributed by atoms with Crippen LogP contribution < -0.4 is 10.1 Å². The number of aryl methyl sites for hydroxylation is 2. The molecule has 1 N–H and O–H groups in total. The molecule has 0 radical (unpaired) electrons. The van der Waals surface area contributed by atoms with Gasteiger partial charge in [-0.3, -0.25) is 4.98 Å². The number of benzene rings is 1. The first kappa shape index (κ1) is 15.5. The van der Waals surface area contributed by atoms with Gasteiger partial charge in [-0.15, -0.1) is 0 Å². The highest BCUT2D eigenvalue weighted by atomic mass is 16.5. The molecule has 1 aromatic carbocycles. The summed E-state index contributed by atoms with van der Waals surface area (Å²) >= 11 is 0. The van der Waals surface area contributed by atoms with E-state index in [-0.39, 0.29) is 0 Å². The quantitative estimate of drug-likeness (QED) is 0.848. The second-order valence-electron chi connectivity index (χ2n) is 5.40. The van der Waals surface area contributed by atoms with Crippen molar-refractivity contribution in [3.63, 3.8) is 0 Å². The molecule has 3 nitrogen and oxygen atoms in total. The van der Waals surface area contributed by atoms with Crippen molar-refractivity contribution in [3.05, 3.63) is 59.4 Å². The largest absolute Gasteiger partial charge is 0.497 e. The summed E-state index contributed by atoms with van der Waals surface area (Å²) in [5.41, 5.74) is 3.69. The van der Waals surface area contributed by atoms with Crippen molar-refractivity contribution in [1.82, 2.24) is 10.3 Å². The molecule has 0 aliphatic carbocycles. The van der Waals surface area contributed by atoms with Crippen LogP contribution in [0.1, 0.15) is 23.2 Å². The minimum atomic E-state index is 0.447. The van der Waals surface area contributed by atoms with Crippen LogP contribution in [0.3, 0.4) is 0 Å². The van der Waals surface area contributed by atoms with Gasteiger partial charge >= 0.3 is 0 Å². The van der Waals surface area contributed by atoms with E-state index in [2.05, 4.69) is 41.5 Å². The molecule has 0 bridgehead atoms. The Balaban J connectivity index is 1.88. The number of nitrogens with one attached hydrogen (secondary N) is 1. The minimum Gasteiger partial charge on any atom is -0.497 e. The number of aromatic nitrogens is 1. The van der Waals surface area contributed by atoms with Gasteiger partial charge in [-0.1, -0.05) is 18.2 Å². The van der Waals surface area contributed by atoms with Crippen LogP contribution >= 0.6 is 0 Å². The summed E-state index contributed by atoms with van der Waals surface area (Å²) in [6.07, 6.45) is 5.05. The molecule has 0 saturated carbocycles. The van der Waals surface area contributed by atoms with E-state index in [1.165, 1.54) is 11.1 Å². The van der Waals surface area contributed by atoms with E-state index in [9.17, 15) is 0 Å². The van der Waals surface area contributed by atoms with Gasteiger partial charge in [0.2, 0.25) is 0 Å². The minimum absolute atomic E-state index is 0.447. The third kappa shape index (κ3) is 4.87. The van der Waals surface area contributed by atoms with E-state index < -0.39 is 0 Å². The highest BCUT2D eigenvalue weighted by Gasteiger charge is 2.08. The summed E-state index contributed by atoms with van der Waals surface area (Å²) in [5.74, 6) is 0.910. The molecule has 21 heavy (non-hydrogen) atoms. The van der Waals surface area contributed by atoms with Crippen molar-refractivity contribution in [2.45, 2.75) is 32.2 Å². The third-order valence-corrected chi connectivity index (χ3v) is 3.78. The number of hydrogen-bond donors (Lipinski definition) is 1. The number of hydrogen-bond acceptors (Lipinski definition) is 3. The fourth-order valence-corrected chi connectivity index (χ4v) is 2.35. The third-order valence-electron chi connectivity index (χ3n) is 3.78. The predicted molar refractivity (Wildman–Crippen MR) is 86.8 cm³/mol. The van der Waals surface area contributed by atoms with Crippen LogP contribution in [0.2, 0.25) is 0 Å². The predicted octanol–water partition coefficient (Wildman–Crippen LogP) is 3.16. The van der Waals surface area contributed by atoms with Crippen molar-refractivity contribution in [1.29, 1.82) is 0 Å². The van der Waals surface area contributed by atoms with E-state index in [0.717, 1.165) is 30.7 Å². The molecule has 0 saturated heterocycles. The number of ether oxygens (including phenoxy) is 1. The molecule has 1 heterocycles. The standard InChI is InChI=1S/C18H24N2O/c1-14-4-8-17(20-13-14)12-16(19-2)9-5-15-6-10-18(21-3)11-7-15/h4,6-8,10-11,13,16,19H,5,9,12H2,1-3H3. The molecule has 2 rings (SSSR count). The van der Waals surface area contributed by atoms with Gasteiger partial charge in [0.05, 0.1) is 7.11 Å². The van der Waals surface area contributed by atoms with E-state index in [1.54, 1.807) is 7.11 Å². The molecule has 1 aromatic heterocycles. The smallest absolute Gasteiger partial charge is 0.118 e. The molecule has 0 fully saturated rings. The number of likely N-dealkylation sites (N-methyl/N-ethyl adjacent to an activating group) is 1. The van der Waals surface area contributed by atoms with Crippen LogP contribution in [-0.2, 0) is 12.8 Å². The molecule has 0 amide bonds. The molecule has 0 aliphatic heterocycles. The Morgan fingerprint density at radius 1 is 1.14 bits per heavy atom. The SMILES string of the molecule is CNC(CCc1ccc(OC)cc1)Cc1ccc(C)cn1. The molecule has 3 heteroatoms. The van der Waals surface area contributed by atoms with Crippen molar-refractivity contribution in [2.24, 2.45) is 0 Å². The normalized spacial score (nSPS) is 12.1. The Hall–Kier alpha value is -1.87. The monoisotopic (exact) mass is 284 g/mol. The first-order valence-corrected chi connectivity index (χ1v) is 7.43. The zero-order valence-corrected chi connectivity index (χ0v) is 13.1. The molecular formula is C18H24N2O. The zero-order valence-electron chi connectivity index (χ0n) is 13.1. The van der Waals surface area contributed by atoms with Gasteiger partial charge < -0.3 is 10.1 Å². The van der Waals surface area contributed by atoms with Crippen LogP contribution in [0, 0.1) is 6.92 Å². The fraction of sp³-hybridized carbons (Fsp3) is 0.389. The number of methoxy groups -OCH3 is 1. The van der Waals surface area contributed by atoms with Gasteiger partial charge in [0.25, 0.3) is 0 Å². The highest BCUT2D eigenvalue weighted by molar-refractivity contribution is 5.27. The fourth-order valence-electron chi connectivity index (χ4n) is 2.35. The van der Waals surface area contributed by atoms with Crippen molar-refractivity contribution in [3.8, 4) is 5.75 Å². The molecule has 1 atom stereocenters. The van der Waals surface area contributed by atoms with Crippen molar-refractivity contribution >= 4 is 0 Å². The summed E-state index contributed by atoms with van der Waals surface area (Å²) < 4.78 is 5.18. The lowest BCUT2D eigenvalue weighted by Gasteiger charge is -2.16. The van der Waals surface area contributed by atoms with Crippen LogP contribution in [0.25, 0.3) is 0 Å². The van der Waals surface area contributed by atoms with Crippen LogP contribution in [0.15, 0.2) is 42.6 Å². The second kappa shape index (κ2) is 7.79. The lowest BCUT2D eigenvalue weighted by molar-refractivity contribution is 0.414. The lowest BCUT2D eigenvalue weighted by atomic mass is 10.0. The summed E-state index contributed by atoms with van der Waals surface area (Å²) in [6.45, 7) is 2.07. The zero-order chi connectivity index (χ0) is 15.1. The summed E-state index contributed by atoms with van der Waals surface area (Å²) in [7, 11) is 3.72. The second-order valence-corrected chi connectivity index (χ2v) is 5.40. The van der Waals surface area contributed by atoms with E-state index in [1.807, 2.05) is 25.4 Å². The van der Waals surface area contributed by atoms with Crippen molar-refractivity contribution in [2.75, 3.05) is 14.2 Å². The Bertz CT molecular complexity index is 534. The first-order valence-electron chi connectivity index (χ1n) is 7.43. The first-order chi connectivity index (χ1) is 10.2. The molecular weight excluding hydrogens is 260 g/mol. The van der Waals surface area contributed by atoms with E-state index in [4.69, 9.17) is 4.74 Å². The number of nitrogens with zero attached hydrogens (tertiary/aromatic N) is 1. The average Bonchev–Trinajstić information content (AvgIpc) is 2.53. The maximum Gasteiger partial charge on any atom is 0.118 e. The Morgan fingerprint density at radius 2 is 1.90 bits per heavy atom. The maximum absolute atomic E-state index is 5.18. The molecule has 112 valence electrons. The van der Waals surface area contributed by atoms with Gasteiger partial charge in [-0.2, -0.15) is 0 Å². The molecule has 2 aromatic rings. The number of rotatable bonds is 7. The van der Waals surface area contributed by atoms with Crippen LogP contribution in [0.4, 0.5) is 0 Å². The molecule has 0 spiro atoms. The summed E-state index contributed by atoms with van der Waals surface area (Å²) in [5, 5.41) is 3.39. The Labute approximate surface area is 127 Å². The van der Waals surface area contributed by atoms with E-state index >= 15 is 0 Å². The van der Waals surface area contributed by atoms with Gasteiger partial charge in [-0.05, 0) is 56.1 Å².